The highest BCUT2D eigenvalue weighted by molar-refractivity contribution is 7.92. The summed E-state index contributed by atoms with van der Waals surface area (Å²) in [5.41, 5.74) is 3.46. The lowest BCUT2D eigenvalue weighted by molar-refractivity contribution is 0.0940. The third kappa shape index (κ3) is 6.01. The lowest BCUT2D eigenvalue weighted by Crippen LogP contribution is -2.34. The molecule has 37 heavy (non-hydrogen) atoms. The van der Waals surface area contributed by atoms with E-state index in [4.69, 9.17) is 4.74 Å². The van der Waals surface area contributed by atoms with Crippen molar-refractivity contribution in [1.29, 1.82) is 0 Å². The number of rotatable bonds is 9. The van der Waals surface area contributed by atoms with Crippen LogP contribution in [0.2, 0.25) is 0 Å². The number of nitrogens with zero attached hydrogens (tertiary/aromatic N) is 1. The summed E-state index contributed by atoms with van der Waals surface area (Å²) < 4.78 is 34.4. The zero-order valence-corrected chi connectivity index (χ0v) is 21.9. The Labute approximate surface area is 218 Å². The number of aryl methyl sites for hydroxylation is 1. The maximum absolute atomic E-state index is 13.9. The number of ether oxygens (including phenoxy) is 1. The Balaban J connectivity index is 1.73. The summed E-state index contributed by atoms with van der Waals surface area (Å²) in [6, 6.07) is 30.0. The molecule has 0 heterocycles. The van der Waals surface area contributed by atoms with Gasteiger partial charge >= 0.3 is 0 Å². The van der Waals surface area contributed by atoms with Crippen LogP contribution in [0, 0.1) is 6.92 Å². The minimum atomic E-state index is -4.02. The van der Waals surface area contributed by atoms with Crippen LogP contribution >= 0.6 is 0 Å². The van der Waals surface area contributed by atoms with Gasteiger partial charge in [0, 0.05) is 0 Å². The molecule has 0 unspecified atom stereocenters. The monoisotopic (exact) mass is 514 g/mol. The van der Waals surface area contributed by atoms with Gasteiger partial charge in [0.1, 0.15) is 5.75 Å². The Hall–Kier alpha value is -4.10. The minimum absolute atomic E-state index is 0.0625. The second-order valence-corrected chi connectivity index (χ2v) is 10.7. The fourth-order valence-corrected chi connectivity index (χ4v) is 5.49. The highest BCUT2D eigenvalue weighted by Crippen LogP contribution is 2.30. The molecule has 0 aliphatic rings. The minimum Gasteiger partial charge on any atom is -0.497 e. The number of hydrogen-bond acceptors (Lipinski definition) is 4. The van der Waals surface area contributed by atoms with Crippen molar-refractivity contribution in [3.63, 3.8) is 0 Å². The quantitative estimate of drug-likeness (QED) is 0.302. The summed E-state index contributed by atoms with van der Waals surface area (Å²) in [6.07, 6.45) is 0. The fourth-order valence-electron chi connectivity index (χ4n) is 4.02. The van der Waals surface area contributed by atoms with Crippen LogP contribution in [0.4, 0.5) is 5.69 Å². The Morgan fingerprint density at radius 1 is 0.865 bits per heavy atom. The highest BCUT2D eigenvalue weighted by atomic mass is 32.2. The van der Waals surface area contributed by atoms with Gasteiger partial charge in [-0.3, -0.25) is 9.10 Å². The average molecular weight is 515 g/mol. The van der Waals surface area contributed by atoms with Crippen LogP contribution < -0.4 is 14.4 Å². The average Bonchev–Trinajstić information content (AvgIpc) is 2.92. The Bertz CT molecular complexity index is 1450. The van der Waals surface area contributed by atoms with Gasteiger partial charge < -0.3 is 10.1 Å². The lowest BCUT2D eigenvalue weighted by atomic mass is 10.1. The van der Waals surface area contributed by atoms with E-state index in [-0.39, 0.29) is 29.0 Å². The van der Waals surface area contributed by atoms with Crippen molar-refractivity contribution < 1.29 is 17.9 Å². The van der Waals surface area contributed by atoms with E-state index >= 15 is 0 Å². The normalized spacial score (nSPS) is 12.0. The van der Waals surface area contributed by atoms with E-state index < -0.39 is 10.0 Å². The maximum Gasteiger partial charge on any atom is 0.264 e. The van der Waals surface area contributed by atoms with Crippen LogP contribution in [0.25, 0.3) is 0 Å². The van der Waals surface area contributed by atoms with Crippen LogP contribution in [0.15, 0.2) is 108 Å². The summed E-state index contributed by atoms with van der Waals surface area (Å²) in [4.78, 5) is 13.6. The van der Waals surface area contributed by atoms with Crippen LogP contribution in [-0.4, -0.2) is 21.4 Å². The predicted molar refractivity (Wildman–Crippen MR) is 146 cm³/mol. The molecule has 0 radical (unpaired) electrons. The third-order valence-electron chi connectivity index (χ3n) is 6.16. The van der Waals surface area contributed by atoms with E-state index in [1.807, 2.05) is 68.4 Å². The largest absolute Gasteiger partial charge is 0.497 e. The first-order valence-corrected chi connectivity index (χ1v) is 13.4. The molecule has 0 bridgehead atoms. The van der Waals surface area contributed by atoms with Crippen molar-refractivity contribution in [3.05, 3.63) is 125 Å². The molecule has 0 aromatic heterocycles. The Morgan fingerprint density at radius 3 is 2.14 bits per heavy atom. The fraction of sp³-hybridized carbons (Fsp3) is 0.167. The first-order valence-electron chi connectivity index (χ1n) is 12.0. The van der Waals surface area contributed by atoms with E-state index in [1.54, 1.807) is 36.4 Å². The Kier molecular flexibility index (Phi) is 7.94. The van der Waals surface area contributed by atoms with Crippen molar-refractivity contribution in [2.75, 3.05) is 11.4 Å². The number of methoxy groups -OCH3 is 1. The van der Waals surface area contributed by atoms with Crippen LogP contribution in [0.5, 0.6) is 5.75 Å². The molecule has 7 heteroatoms. The van der Waals surface area contributed by atoms with E-state index in [1.165, 1.54) is 23.5 Å². The van der Waals surface area contributed by atoms with Gasteiger partial charge in [0.2, 0.25) is 0 Å². The summed E-state index contributed by atoms with van der Waals surface area (Å²) in [7, 11) is -2.50. The van der Waals surface area contributed by atoms with Crippen LogP contribution in [0.1, 0.15) is 40.0 Å². The van der Waals surface area contributed by atoms with Gasteiger partial charge in [-0.2, -0.15) is 0 Å². The number of para-hydroxylation sites is 1. The van der Waals surface area contributed by atoms with E-state index in [9.17, 15) is 13.2 Å². The molecule has 4 rings (SSSR count). The summed E-state index contributed by atoms with van der Waals surface area (Å²) in [6.45, 7) is 3.97. The highest BCUT2D eigenvalue weighted by Gasteiger charge is 2.29. The number of anilines is 1. The summed E-state index contributed by atoms with van der Waals surface area (Å²) in [5.74, 6) is 0.199. The number of nitrogens with one attached hydrogen (secondary N) is 1. The summed E-state index contributed by atoms with van der Waals surface area (Å²) >= 11 is 0. The maximum atomic E-state index is 13.9. The zero-order chi connectivity index (χ0) is 26.4. The van der Waals surface area contributed by atoms with Crippen LogP contribution in [-0.2, 0) is 16.6 Å². The molecule has 0 aliphatic heterocycles. The molecule has 0 fully saturated rings. The van der Waals surface area contributed by atoms with Gasteiger partial charge in [-0.15, -0.1) is 0 Å². The first-order chi connectivity index (χ1) is 17.8. The number of sulfonamides is 1. The van der Waals surface area contributed by atoms with E-state index in [0.29, 0.717) is 11.4 Å². The lowest BCUT2D eigenvalue weighted by Gasteiger charge is -2.27. The molecule has 190 valence electrons. The first kappa shape index (κ1) is 26.0. The second-order valence-electron chi connectivity index (χ2n) is 8.80. The SMILES string of the molecule is COc1ccc(S(=O)(=O)N(Cc2ccccc2)c2ccccc2C(=O)N[C@H](C)c2ccc(C)cc2)cc1. The van der Waals surface area contributed by atoms with Crippen molar-refractivity contribution in [2.24, 2.45) is 0 Å². The number of amides is 1. The third-order valence-corrected chi connectivity index (χ3v) is 7.93. The van der Waals surface area contributed by atoms with E-state index in [0.717, 1.165) is 16.7 Å². The second kappa shape index (κ2) is 11.3. The molecule has 1 N–H and O–H groups in total. The number of carbonyl (C=O) groups is 1. The van der Waals surface area contributed by atoms with Gasteiger partial charge in [-0.05, 0) is 61.4 Å². The van der Waals surface area contributed by atoms with E-state index in [2.05, 4.69) is 5.32 Å². The molecule has 0 saturated heterocycles. The van der Waals surface area contributed by atoms with Gasteiger partial charge in [0.05, 0.1) is 35.8 Å². The smallest absolute Gasteiger partial charge is 0.264 e. The van der Waals surface area contributed by atoms with Crippen molar-refractivity contribution >= 4 is 21.6 Å². The van der Waals surface area contributed by atoms with Crippen molar-refractivity contribution in [2.45, 2.75) is 31.3 Å². The molecule has 1 amide bonds. The van der Waals surface area contributed by atoms with Gasteiger partial charge in [0.15, 0.2) is 0 Å². The van der Waals surface area contributed by atoms with Gasteiger partial charge in [0.25, 0.3) is 15.9 Å². The van der Waals surface area contributed by atoms with Crippen molar-refractivity contribution in [1.82, 2.24) is 5.32 Å². The molecule has 1 atom stereocenters. The molecule has 0 spiro atoms. The summed E-state index contributed by atoms with van der Waals surface area (Å²) in [5, 5.41) is 3.02. The predicted octanol–water partition coefficient (Wildman–Crippen LogP) is 5.89. The topological polar surface area (TPSA) is 75.7 Å². The Morgan fingerprint density at radius 2 is 1.49 bits per heavy atom. The zero-order valence-electron chi connectivity index (χ0n) is 21.1. The number of carbonyl (C=O) groups excluding carboxylic acids is 1. The molecule has 4 aromatic carbocycles. The molecule has 6 nitrogen and oxygen atoms in total. The molecule has 0 saturated carbocycles. The number of benzene rings is 4. The van der Waals surface area contributed by atoms with Gasteiger partial charge in [-0.25, -0.2) is 8.42 Å². The van der Waals surface area contributed by atoms with Gasteiger partial charge in [-0.1, -0.05) is 72.3 Å². The number of hydrogen-bond donors (Lipinski definition) is 1. The molecule has 4 aromatic rings. The van der Waals surface area contributed by atoms with Crippen LogP contribution in [0.3, 0.4) is 0 Å². The molecule has 0 aliphatic carbocycles. The molecular weight excluding hydrogens is 484 g/mol. The van der Waals surface area contributed by atoms with Crippen molar-refractivity contribution in [3.8, 4) is 5.75 Å². The standard InChI is InChI=1S/C30H30N2O4S/c1-22-13-15-25(16-14-22)23(2)31-30(33)28-11-7-8-12-29(28)32(21-24-9-5-4-6-10-24)37(34,35)27-19-17-26(36-3)18-20-27/h4-20,23H,21H2,1-3H3,(H,31,33)/t23-/m1/s1. The molecular formula is C30H30N2O4S.